The molecule has 2 saturated carbocycles. The molecule has 0 amide bonds. The third-order valence-corrected chi connectivity index (χ3v) is 5.89. The Kier molecular flexibility index (Phi) is 7.41. The molecule has 2 fully saturated rings. The summed E-state index contributed by atoms with van der Waals surface area (Å²) >= 11 is 0. The highest BCUT2D eigenvalue weighted by Gasteiger charge is 2.23. The molecule has 20 heavy (non-hydrogen) atoms. The lowest BCUT2D eigenvalue weighted by Crippen LogP contribution is -2.40. The molecular formula is C19H37N. The summed E-state index contributed by atoms with van der Waals surface area (Å²) < 4.78 is 0. The summed E-state index contributed by atoms with van der Waals surface area (Å²) in [5.74, 6) is 1.98. The Hall–Kier alpha value is -0.0400. The Morgan fingerprint density at radius 2 is 1.60 bits per heavy atom. The minimum atomic E-state index is 0.751. The predicted octanol–water partition coefficient (Wildman–Crippen LogP) is 5.68. The largest absolute Gasteiger partial charge is 0.311 e. The fourth-order valence-electron chi connectivity index (χ4n) is 4.56. The molecule has 0 heterocycles. The van der Waals surface area contributed by atoms with Gasteiger partial charge in [-0.1, -0.05) is 58.3 Å². The van der Waals surface area contributed by atoms with Crippen LogP contribution < -0.4 is 5.32 Å². The molecule has 1 N–H and O–H groups in total. The summed E-state index contributed by atoms with van der Waals surface area (Å²) in [5.41, 5.74) is 0. The molecule has 118 valence electrons. The van der Waals surface area contributed by atoms with Crippen LogP contribution in [0.3, 0.4) is 0 Å². The maximum atomic E-state index is 4.02. The van der Waals surface area contributed by atoms with Crippen LogP contribution in [-0.4, -0.2) is 12.1 Å². The predicted molar refractivity (Wildman–Crippen MR) is 89.1 cm³/mol. The summed E-state index contributed by atoms with van der Waals surface area (Å²) in [4.78, 5) is 0. The summed E-state index contributed by atoms with van der Waals surface area (Å²) in [5, 5.41) is 4.02. The van der Waals surface area contributed by atoms with Gasteiger partial charge in [-0.15, -0.1) is 0 Å². The second kappa shape index (κ2) is 9.07. The van der Waals surface area contributed by atoms with Crippen molar-refractivity contribution in [2.24, 2.45) is 11.8 Å². The van der Waals surface area contributed by atoms with Crippen molar-refractivity contribution >= 4 is 0 Å². The van der Waals surface area contributed by atoms with Gasteiger partial charge in [-0.2, -0.15) is 0 Å². The fraction of sp³-hybridized carbons (Fsp3) is 1.00. The first kappa shape index (κ1) is 16.3. The van der Waals surface area contributed by atoms with E-state index in [1.807, 2.05) is 0 Å². The van der Waals surface area contributed by atoms with Crippen LogP contribution in [0.4, 0.5) is 0 Å². The zero-order valence-corrected chi connectivity index (χ0v) is 14.0. The van der Waals surface area contributed by atoms with Crippen LogP contribution in [0.25, 0.3) is 0 Å². The molecular weight excluding hydrogens is 242 g/mol. The monoisotopic (exact) mass is 279 g/mol. The van der Waals surface area contributed by atoms with E-state index in [4.69, 9.17) is 0 Å². The molecule has 0 radical (unpaired) electrons. The molecule has 2 aliphatic rings. The van der Waals surface area contributed by atoms with Gasteiger partial charge in [0.1, 0.15) is 0 Å². The molecule has 3 atom stereocenters. The van der Waals surface area contributed by atoms with Gasteiger partial charge in [0.25, 0.3) is 0 Å². The summed E-state index contributed by atoms with van der Waals surface area (Å²) in [7, 11) is 0. The highest BCUT2D eigenvalue weighted by molar-refractivity contribution is 4.81. The lowest BCUT2D eigenvalue weighted by Gasteiger charge is -2.28. The van der Waals surface area contributed by atoms with E-state index in [9.17, 15) is 0 Å². The Balaban J connectivity index is 1.74. The third kappa shape index (κ3) is 5.39. The van der Waals surface area contributed by atoms with E-state index < -0.39 is 0 Å². The number of nitrogens with one attached hydrogen (secondary N) is 1. The zero-order valence-electron chi connectivity index (χ0n) is 14.0. The van der Waals surface area contributed by atoms with Gasteiger partial charge < -0.3 is 5.32 Å². The van der Waals surface area contributed by atoms with Crippen LogP contribution in [0.15, 0.2) is 0 Å². The van der Waals surface area contributed by atoms with Gasteiger partial charge in [0.2, 0.25) is 0 Å². The summed E-state index contributed by atoms with van der Waals surface area (Å²) in [6.07, 6.45) is 19.0. The maximum Gasteiger partial charge on any atom is 0.00697 e. The Morgan fingerprint density at radius 3 is 2.30 bits per heavy atom. The van der Waals surface area contributed by atoms with Crippen molar-refractivity contribution in [3.8, 4) is 0 Å². The van der Waals surface area contributed by atoms with Crippen molar-refractivity contribution < 1.29 is 0 Å². The fourth-order valence-corrected chi connectivity index (χ4v) is 4.56. The van der Waals surface area contributed by atoms with Crippen LogP contribution in [0.5, 0.6) is 0 Å². The molecule has 1 nitrogen and oxygen atoms in total. The molecule has 0 bridgehead atoms. The summed E-state index contributed by atoms with van der Waals surface area (Å²) in [6, 6.07) is 1.57. The minimum Gasteiger partial charge on any atom is -0.311 e. The van der Waals surface area contributed by atoms with E-state index in [2.05, 4.69) is 19.2 Å². The normalized spacial score (nSPS) is 31.5. The van der Waals surface area contributed by atoms with E-state index in [1.165, 1.54) is 83.5 Å². The van der Waals surface area contributed by atoms with Gasteiger partial charge in [0, 0.05) is 12.1 Å². The smallest absolute Gasteiger partial charge is 0.00697 e. The molecule has 0 aromatic rings. The average molecular weight is 280 g/mol. The Morgan fingerprint density at radius 1 is 0.850 bits per heavy atom. The van der Waals surface area contributed by atoms with Gasteiger partial charge in [0.15, 0.2) is 0 Å². The van der Waals surface area contributed by atoms with Gasteiger partial charge in [-0.3, -0.25) is 0 Å². The molecule has 0 aromatic heterocycles. The quantitative estimate of drug-likeness (QED) is 0.638. The van der Waals surface area contributed by atoms with E-state index in [1.54, 1.807) is 0 Å². The van der Waals surface area contributed by atoms with Crippen molar-refractivity contribution in [2.45, 2.75) is 109 Å². The number of hydrogen-bond donors (Lipinski definition) is 1. The van der Waals surface area contributed by atoms with Crippen LogP contribution in [0.1, 0.15) is 97.3 Å². The zero-order chi connectivity index (χ0) is 14.2. The van der Waals surface area contributed by atoms with E-state index in [0.29, 0.717) is 0 Å². The third-order valence-electron chi connectivity index (χ3n) is 5.89. The lowest BCUT2D eigenvalue weighted by atomic mass is 9.91. The summed E-state index contributed by atoms with van der Waals surface area (Å²) in [6.45, 7) is 4.80. The van der Waals surface area contributed by atoms with Crippen molar-refractivity contribution in [1.82, 2.24) is 5.32 Å². The van der Waals surface area contributed by atoms with E-state index in [0.717, 1.165) is 23.9 Å². The first-order valence-electron chi connectivity index (χ1n) is 9.55. The average Bonchev–Trinajstić information content (AvgIpc) is 2.82. The molecule has 0 aromatic carbocycles. The highest BCUT2D eigenvalue weighted by atomic mass is 14.9. The van der Waals surface area contributed by atoms with Gasteiger partial charge in [-0.05, 0) is 50.9 Å². The van der Waals surface area contributed by atoms with Gasteiger partial charge in [0.05, 0.1) is 0 Å². The topological polar surface area (TPSA) is 12.0 Å². The van der Waals surface area contributed by atoms with Crippen LogP contribution in [0.2, 0.25) is 0 Å². The molecule has 1 heteroatoms. The highest BCUT2D eigenvalue weighted by Crippen LogP contribution is 2.29. The molecule has 0 aliphatic heterocycles. The van der Waals surface area contributed by atoms with Gasteiger partial charge >= 0.3 is 0 Å². The van der Waals surface area contributed by atoms with Crippen molar-refractivity contribution in [1.29, 1.82) is 0 Å². The van der Waals surface area contributed by atoms with Crippen molar-refractivity contribution in [3.63, 3.8) is 0 Å². The maximum absolute atomic E-state index is 4.02. The first-order chi connectivity index (χ1) is 9.79. The SMILES string of the molecule is CCCC1CCCC(N[C@@H](C)C2CCCCCC2)CC1. The molecule has 0 spiro atoms. The van der Waals surface area contributed by atoms with Crippen LogP contribution in [0, 0.1) is 11.8 Å². The van der Waals surface area contributed by atoms with Crippen LogP contribution >= 0.6 is 0 Å². The molecule has 2 rings (SSSR count). The second-order valence-corrected chi connectivity index (χ2v) is 7.57. The second-order valence-electron chi connectivity index (χ2n) is 7.57. The Labute approximate surface area is 127 Å². The minimum absolute atomic E-state index is 0.751. The molecule has 2 unspecified atom stereocenters. The van der Waals surface area contributed by atoms with E-state index in [-0.39, 0.29) is 0 Å². The number of hydrogen-bond acceptors (Lipinski definition) is 1. The van der Waals surface area contributed by atoms with Gasteiger partial charge in [-0.25, -0.2) is 0 Å². The first-order valence-corrected chi connectivity index (χ1v) is 9.55. The van der Waals surface area contributed by atoms with Crippen molar-refractivity contribution in [3.05, 3.63) is 0 Å². The standard InChI is InChI=1S/C19H37N/c1-3-9-17-10-8-13-19(15-14-17)20-16(2)18-11-6-4-5-7-12-18/h16-20H,3-15H2,1-2H3/t16-,17?,19?/m0/s1. The number of rotatable bonds is 5. The van der Waals surface area contributed by atoms with Crippen LogP contribution in [-0.2, 0) is 0 Å². The van der Waals surface area contributed by atoms with Crippen molar-refractivity contribution in [2.75, 3.05) is 0 Å². The molecule has 0 saturated heterocycles. The Bertz CT molecular complexity index is 242. The lowest BCUT2D eigenvalue weighted by molar-refractivity contribution is 0.294. The van der Waals surface area contributed by atoms with E-state index >= 15 is 0 Å². The molecule has 2 aliphatic carbocycles.